The monoisotopic (exact) mass is 393 g/mol. The van der Waals surface area contributed by atoms with Crippen molar-refractivity contribution in [3.63, 3.8) is 0 Å². The lowest BCUT2D eigenvalue weighted by atomic mass is 10.1. The van der Waals surface area contributed by atoms with Crippen LogP contribution in [-0.2, 0) is 11.3 Å². The van der Waals surface area contributed by atoms with Crippen molar-refractivity contribution in [3.8, 4) is 0 Å². The fourth-order valence-corrected chi connectivity index (χ4v) is 4.31. The van der Waals surface area contributed by atoms with Crippen LogP contribution in [0.5, 0.6) is 0 Å². The van der Waals surface area contributed by atoms with Crippen molar-refractivity contribution in [1.29, 1.82) is 0 Å². The molecule has 0 spiro atoms. The number of hydrogen-bond donors (Lipinski definition) is 2. The van der Waals surface area contributed by atoms with Crippen molar-refractivity contribution in [2.45, 2.75) is 37.5 Å². The van der Waals surface area contributed by atoms with Crippen LogP contribution in [0.25, 0.3) is 10.9 Å². The number of carbonyl (C=O) groups excluding carboxylic acids is 2. The molecule has 0 fully saturated rings. The van der Waals surface area contributed by atoms with Crippen LogP contribution in [0.3, 0.4) is 0 Å². The molecule has 2 amide bonds. The third-order valence-corrected chi connectivity index (χ3v) is 5.94. The Labute approximate surface area is 168 Å². The number of rotatable bonds is 4. The Kier molecular flexibility index (Phi) is 4.89. The number of aromatic nitrogens is 1. The van der Waals surface area contributed by atoms with Crippen LogP contribution in [0, 0.1) is 5.92 Å². The van der Waals surface area contributed by atoms with Crippen molar-refractivity contribution < 1.29 is 9.59 Å². The molecule has 0 saturated carbocycles. The minimum atomic E-state index is -0.193. The number of nitrogens with one attached hydrogen (secondary N) is 2. The Morgan fingerprint density at radius 3 is 2.82 bits per heavy atom. The smallest absolute Gasteiger partial charge is 0.255 e. The second-order valence-electron chi connectivity index (χ2n) is 7.55. The van der Waals surface area contributed by atoms with Crippen LogP contribution in [0.2, 0.25) is 0 Å². The molecule has 2 aromatic carbocycles. The molecule has 28 heavy (non-hydrogen) atoms. The normalized spacial score (nSPS) is 16.1. The minimum absolute atomic E-state index is 0.0357. The molecule has 0 saturated heterocycles. The predicted octanol–water partition coefficient (Wildman–Crippen LogP) is 4.98. The molecule has 0 unspecified atom stereocenters. The molecule has 2 heterocycles. The Morgan fingerprint density at radius 1 is 1.21 bits per heavy atom. The summed E-state index contributed by atoms with van der Waals surface area (Å²) < 4.78 is 2.23. The number of benzene rings is 2. The number of anilines is 2. The highest BCUT2D eigenvalue weighted by Crippen LogP contribution is 2.36. The highest BCUT2D eigenvalue weighted by Gasteiger charge is 2.23. The van der Waals surface area contributed by atoms with Crippen molar-refractivity contribution in [2.75, 3.05) is 10.6 Å². The predicted molar refractivity (Wildman–Crippen MR) is 115 cm³/mol. The van der Waals surface area contributed by atoms with Gasteiger partial charge in [0, 0.05) is 39.8 Å². The van der Waals surface area contributed by atoms with Crippen molar-refractivity contribution in [3.05, 3.63) is 54.2 Å². The van der Waals surface area contributed by atoms with E-state index >= 15 is 0 Å². The molecule has 3 aromatic rings. The van der Waals surface area contributed by atoms with Crippen LogP contribution < -0.4 is 10.6 Å². The third-order valence-electron chi connectivity index (χ3n) is 4.76. The summed E-state index contributed by atoms with van der Waals surface area (Å²) in [5.74, 6) is 0.341. The molecular weight excluding hydrogens is 370 g/mol. The van der Waals surface area contributed by atoms with Gasteiger partial charge in [0.2, 0.25) is 5.91 Å². The van der Waals surface area contributed by atoms with Crippen LogP contribution in [0.15, 0.2) is 53.6 Å². The third kappa shape index (κ3) is 3.64. The van der Waals surface area contributed by atoms with Gasteiger partial charge in [-0.2, -0.15) is 0 Å². The Morgan fingerprint density at radius 2 is 2.04 bits per heavy atom. The number of amides is 2. The first-order valence-corrected chi connectivity index (χ1v) is 10.3. The summed E-state index contributed by atoms with van der Waals surface area (Å²) in [4.78, 5) is 25.6. The SMILES string of the molecule is CC(C)Cn1ccc2cc(NC(=O)c3ccc4c(c3)NC(=O)[C@@H](C)S4)ccc21. The van der Waals surface area contributed by atoms with Gasteiger partial charge in [0.25, 0.3) is 5.91 Å². The van der Waals surface area contributed by atoms with E-state index in [1.54, 1.807) is 12.1 Å². The summed E-state index contributed by atoms with van der Waals surface area (Å²) in [5, 5.41) is 6.80. The molecule has 2 N–H and O–H groups in total. The van der Waals surface area contributed by atoms with E-state index in [0.717, 1.165) is 28.0 Å². The van der Waals surface area contributed by atoms with Gasteiger partial charge in [-0.05, 0) is 55.3 Å². The molecule has 0 bridgehead atoms. The molecule has 0 aliphatic carbocycles. The van der Waals surface area contributed by atoms with E-state index in [1.807, 2.05) is 31.2 Å². The van der Waals surface area contributed by atoms with Crippen molar-refractivity contribution in [1.82, 2.24) is 4.57 Å². The highest BCUT2D eigenvalue weighted by molar-refractivity contribution is 8.00. The summed E-state index contributed by atoms with van der Waals surface area (Å²) in [5.41, 5.74) is 3.13. The summed E-state index contributed by atoms with van der Waals surface area (Å²) in [6.07, 6.45) is 2.08. The maximum Gasteiger partial charge on any atom is 0.255 e. The van der Waals surface area contributed by atoms with E-state index in [-0.39, 0.29) is 17.1 Å². The van der Waals surface area contributed by atoms with Crippen molar-refractivity contribution >= 4 is 45.9 Å². The van der Waals surface area contributed by atoms with Gasteiger partial charge >= 0.3 is 0 Å². The second-order valence-corrected chi connectivity index (χ2v) is 8.93. The van der Waals surface area contributed by atoms with Crippen LogP contribution in [0.1, 0.15) is 31.1 Å². The van der Waals surface area contributed by atoms with E-state index < -0.39 is 0 Å². The summed E-state index contributed by atoms with van der Waals surface area (Å²) >= 11 is 1.51. The zero-order valence-electron chi connectivity index (χ0n) is 16.2. The van der Waals surface area contributed by atoms with Gasteiger partial charge in [0.1, 0.15) is 0 Å². The van der Waals surface area contributed by atoms with Gasteiger partial charge in [-0.15, -0.1) is 11.8 Å². The lowest BCUT2D eigenvalue weighted by molar-refractivity contribution is -0.115. The van der Waals surface area contributed by atoms with Gasteiger partial charge in [0.05, 0.1) is 10.9 Å². The van der Waals surface area contributed by atoms with Gasteiger partial charge in [-0.25, -0.2) is 0 Å². The minimum Gasteiger partial charge on any atom is -0.347 e. The standard InChI is InChI=1S/C22H23N3O2S/c1-13(2)12-25-9-8-15-10-17(5-6-19(15)25)23-22(27)16-4-7-20-18(11-16)24-21(26)14(3)28-20/h4-11,13-14H,12H2,1-3H3,(H,23,27)(H,24,26)/t14-/m1/s1. The van der Waals surface area contributed by atoms with Gasteiger partial charge in [0.15, 0.2) is 0 Å². The first-order valence-electron chi connectivity index (χ1n) is 9.42. The van der Waals surface area contributed by atoms with E-state index in [9.17, 15) is 9.59 Å². The quantitative estimate of drug-likeness (QED) is 0.657. The molecule has 0 radical (unpaired) electrons. The molecule has 144 valence electrons. The maximum atomic E-state index is 12.7. The second kappa shape index (κ2) is 7.36. The van der Waals surface area contributed by atoms with Crippen LogP contribution in [0.4, 0.5) is 11.4 Å². The Balaban J connectivity index is 1.54. The Bertz CT molecular complexity index is 1070. The number of thioether (sulfide) groups is 1. The number of nitrogens with zero attached hydrogens (tertiary/aromatic N) is 1. The van der Waals surface area contributed by atoms with Gasteiger partial charge in [-0.3, -0.25) is 9.59 Å². The topological polar surface area (TPSA) is 63.1 Å². The molecule has 1 aliphatic heterocycles. The van der Waals surface area contributed by atoms with E-state index in [0.29, 0.717) is 17.2 Å². The van der Waals surface area contributed by atoms with Gasteiger partial charge < -0.3 is 15.2 Å². The lowest BCUT2D eigenvalue weighted by Gasteiger charge is -2.21. The van der Waals surface area contributed by atoms with Crippen LogP contribution in [-0.4, -0.2) is 21.6 Å². The molecule has 1 atom stereocenters. The zero-order chi connectivity index (χ0) is 19.8. The number of fused-ring (bicyclic) bond motifs is 2. The fourth-order valence-electron chi connectivity index (χ4n) is 3.38. The fraction of sp³-hybridized carbons (Fsp3) is 0.273. The van der Waals surface area contributed by atoms with Crippen LogP contribution >= 0.6 is 11.8 Å². The molecule has 6 heteroatoms. The molecular formula is C22H23N3O2S. The molecule has 5 nitrogen and oxygen atoms in total. The average molecular weight is 394 g/mol. The highest BCUT2D eigenvalue weighted by atomic mass is 32.2. The first kappa shape index (κ1) is 18.6. The van der Waals surface area contributed by atoms with Gasteiger partial charge in [-0.1, -0.05) is 13.8 Å². The molecule has 1 aromatic heterocycles. The Hall–Kier alpha value is -2.73. The lowest BCUT2D eigenvalue weighted by Crippen LogP contribution is -2.26. The summed E-state index contributed by atoms with van der Waals surface area (Å²) in [6, 6.07) is 13.4. The van der Waals surface area contributed by atoms with Crippen molar-refractivity contribution in [2.24, 2.45) is 5.92 Å². The average Bonchev–Trinajstić information content (AvgIpc) is 3.03. The summed E-state index contributed by atoms with van der Waals surface area (Å²) in [6.45, 7) is 7.22. The summed E-state index contributed by atoms with van der Waals surface area (Å²) in [7, 11) is 0. The van der Waals surface area contributed by atoms with E-state index in [4.69, 9.17) is 0 Å². The molecule has 4 rings (SSSR count). The number of carbonyl (C=O) groups is 2. The first-order chi connectivity index (χ1) is 13.4. The molecule has 1 aliphatic rings. The zero-order valence-corrected chi connectivity index (χ0v) is 17.0. The largest absolute Gasteiger partial charge is 0.347 e. The van der Waals surface area contributed by atoms with E-state index in [2.05, 4.69) is 41.3 Å². The number of hydrogen-bond acceptors (Lipinski definition) is 3. The van der Waals surface area contributed by atoms with E-state index in [1.165, 1.54) is 11.8 Å². The maximum absolute atomic E-state index is 12.7.